The molecular formula is C27H27N3O7S. The second-order valence-corrected chi connectivity index (χ2v) is 9.49. The number of methoxy groups -OCH3 is 1. The molecule has 0 aliphatic carbocycles. The van der Waals surface area contributed by atoms with Crippen molar-refractivity contribution in [3.05, 3.63) is 101 Å². The number of carbonyl (C=O) groups is 1. The number of hydrogen-bond acceptors (Lipinski definition) is 9. The number of ether oxygens (including phenoxy) is 3. The Morgan fingerprint density at radius 2 is 1.84 bits per heavy atom. The Morgan fingerprint density at radius 3 is 2.47 bits per heavy atom. The van der Waals surface area contributed by atoms with Crippen molar-refractivity contribution in [3.63, 3.8) is 0 Å². The van der Waals surface area contributed by atoms with Crippen molar-refractivity contribution in [1.82, 2.24) is 4.57 Å². The Balaban J connectivity index is 1.82. The summed E-state index contributed by atoms with van der Waals surface area (Å²) >= 11 is 1.18. The lowest BCUT2D eigenvalue weighted by molar-refractivity contribution is -0.384. The van der Waals surface area contributed by atoms with Crippen molar-refractivity contribution in [2.24, 2.45) is 4.99 Å². The van der Waals surface area contributed by atoms with E-state index in [9.17, 15) is 19.7 Å². The zero-order valence-electron chi connectivity index (χ0n) is 21.2. The summed E-state index contributed by atoms with van der Waals surface area (Å²) in [6, 6.07) is 12.4. The average Bonchev–Trinajstić information content (AvgIpc) is 3.21. The van der Waals surface area contributed by atoms with Crippen LogP contribution in [0, 0.1) is 10.1 Å². The Labute approximate surface area is 222 Å². The fraction of sp³-hybridized carbons (Fsp3) is 0.296. The van der Waals surface area contributed by atoms with Gasteiger partial charge in [0.25, 0.3) is 11.2 Å². The number of fused-ring (bicyclic) bond motifs is 1. The Bertz CT molecular complexity index is 1540. The van der Waals surface area contributed by atoms with Crippen LogP contribution in [0.15, 0.2) is 69.6 Å². The van der Waals surface area contributed by atoms with Gasteiger partial charge in [0.2, 0.25) is 0 Å². The fourth-order valence-corrected chi connectivity index (χ4v) is 5.05. The van der Waals surface area contributed by atoms with Gasteiger partial charge >= 0.3 is 5.97 Å². The quantitative estimate of drug-likeness (QED) is 0.169. The van der Waals surface area contributed by atoms with E-state index in [1.54, 1.807) is 37.3 Å². The van der Waals surface area contributed by atoms with Crippen LogP contribution < -0.4 is 19.6 Å². The molecule has 1 aliphatic rings. The average molecular weight is 538 g/mol. The molecule has 0 radical (unpaired) electrons. The lowest BCUT2D eigenvalue weighted by Crippen LogP contribution is -2.40. The Kier molecular flexibility index (Phi) is 8.49. The van der Waals surface area contributed by atoms with Crippen molar-refractivity contribution in [2.75, 3.05) is 26.9 Å². The molecule has 1 aliphatic heterocycles. The number of nitrogens with zero attached hydrogens (tertiary/aromatic N) is 3. The molecule has 10 nitrogen and oxygen atoms in total. The van der Waals surface area contributed by atoms with Crippen LogP contribution in [-0.2, 0) is 14.3 Å². The Morgan fingerprint density at radius 1 is 1.13 bits per heavy atom. The minimum atomic E-state index is -0.763. The van der Waals surface area contributed by atoms with Gasteiger partial charge in [0.1, 0.15) is 12.4 Å². The highest BCUT2D eigenvalue weighted by atomic mass is 32.1. The third kappa shape index (κ3) is 5.74. The highest BCUT2D eigenvalue weighted by Crippen LogP contribution is 2.31. The van der Waals surface area contributed by atoms with Crippen LogP contribution in [0.5, 0.6) is 5.75 Å². The van der Waals surface area contributed by atoms with E-state index in [1.807, 2.05) is 19.1 Å². The maximum atomic E-state index is 13.7. The van der Waals surface area contributed by atoms with E-state index < -0.39 is 16.9 Å². The summed E-state index contributed by atoms with van der Waals surface area (Å²) < 4.78 is 18.0. The number of carbonyl (C=O) groups excluding carboxylic acids is 1. The molecule has 0 N–H and O–H groups in total. The third-order valence-corrected chi connectivity index (χ3v) is 6.82. The van der Waals surface area contributed by atoms with Crippen LogP contribution in [-0.4, -0.2) is 42.4 Å². The first-order valence-corrected chi connectivity index (χ1v) is 12.8. The van der Waals surface area contributed by atoms with Crippen molar-refractivity contribution in [2.45, 2.75) is 26.3 Å². The molecule has 11 heteroatoms. The third-order valence-electron chi connectivity index (χ3n) is 5.83. The van der Waals surface area contributed by atoms with Crippen LogP contribution in [0.2, 0.25) is 0 Å². The van der Waals surface area contributed by atoms with E-state index >= 15 is 0 Å². The van der Waals surface area contributed by atoms with Crippen molar-refractivity contribution in [1.29, 1.82) is 0 Å². The molecule has 2 aromatic carbocycles. The largest absolute Gasteiger partial charge is 0.494 e. The van der Waals surface area contributed by atoms with E-state index in [1.165, 1.54) is 35.1 Å². The summed E-state index contributed by atoms with van der Waals surface area (Å²) in [5.74, 6) is 0.107. The molecule has 38 heavy (non-hydrogen) atoms. The van der Waals surface area contributed by atoms with Crippen LogP contribution >= 0.6 is 11.3 Å². The van der Waals surface area contributed by atoms with Crippen LogP contribution in [0.3, 0.4) is 0 Å². The number of hydrogen-bond donors (Lipinski definition) is 0. The number of aromatic nitrogens is 1. The van der Waals surface area contributed by atoms with Gasteiger partial charge in [-0.2, -0.15) is 0 Å². The van der Waals surface area contributed by atoms with Gasteiger partial charge in [-0.3, -0.25) is 19.5 Å². The molecule has 0 saturated heterocycles. The molecule has 1 unspecified atom stereocenters. The number of nitro benzene ring substituents is 1. The van der Waals surface area contributed by atoms with Gasteiger partial charge in [0.05, 0.1) is 40.0 Å². The molecule has 1 atom stereocenters. The monoisotopic (exact) mass is 537 g/mol. The van der Waals surface area contributed by atoms with Gasteiger partial charge in [-0.15, -0.1) is 0 Å². The van der Waals surface area contributed by atoms with Crippen molar-refractivity contribution in [3.8, 4) is 5.75 Å². The van der Waals surface area contributed by atoms with E-state index in [0.29, 0.717) is 38.5 Å². The molecule has 2 heterocycles. The van der Waals surface area contributed by atoms with Crippen molar-refractivity contribution < 1.29 is 23.9 Å². The molecule has 0 spiro atoms. The molecule has 0 amide bonds. The van der Waals surface area contributed by atoms with Gasteiger partial charge in [0.15, 0.2) is 4.80 Å². The minimum absolute atomic E-state index is 0.0396. The number of rotatable bonds is 10. The number of allylic oxidation sites excluding steroid dienone is 1. The van der Waals surface area contributed by atoms with Gasteiger partial charge in [0, 0.05) is 19.2 Å². The normalized spacial score (nSPS) is 15.1. The summed E-state index contributed by atoms with van der Waals surface area (Å²) in [6.45, 7) is 4.61. The molecule has 198 valence electrons. The summed E-state index contributed by atoms with van der Waals surface area (Å²) in [5.41, 5.74) is 1.67. The highest BCUT2D eigenvalue weighted by molar-refractivity contribution is 7.07. The zero-order chi connectivity index (χ0) is 27.2. The predicted molar refractivity (Wildman–Crippen MR) is 142 cm³/mol. The topological polar surface area (TPSA) is 122 Å². The number of esters is 1. The summed E-state index contributed by atoms with van der Waals surface area (Å²) in [5, 5.41) is 11.0. The number of benzene rings is 2. The van der Waals surface area contributed by atoms with E-state index in [4.69, 9.17) is 14.2 Å². The van der Waals surface area contributed by atoms with Gasteiger partial charge in [-0.25, -0.2) is 9.79 Å². The van der Waals surface area contributed by atoms with E-state index in [2.05, 4.69) is 4.99 Å². The smallest absolute Gasteiger partial charge is 0.338 e. The van der Waals surface area contributed by atoms with E-state index in [0.717, 1.165) is 6.42 Å². The molecule has 0 bridgehead atoms. The lowest BCUT2D eigenvalue weighted by atomic mass is 9.96. The highest BCUT2D eigenvalue weighted by Gasteiger charge is 2.33. The van der Waals surface area contributed by atoms with Crippen molar-refractivity contribution >= 4 is 29.1 Å². The molecule has 0 fully saturated rings. The van der Waals surface area contributed by atoms with E-state index in [-0.39, 0.29) is 30.0 Å². The molecule has 0 saturated carbocycles. The zero-order valence-corrected chi connectivity index (χ0v) is 22.0. The summed E-state index contributed by atoms with van der Waals surface area (Å²) in [6.07, 6.45) is 2.52. The SMILES string of the molecule is CCCOc1ccc(C2C(C(=O)OCCOC)=C(C)N=c3sc(=Cc4ccc([N+](=O)[O-])cc4)c(=O)n32)cc1. The lowest BCUT2D eigenvalue weighted by Gasteiger charge is -2.25. The summed E-state index contributed by atoms with van der Waals surface area (Å²) in [7, 11) is 1.51. The first-order chi connectivity index (χ1) is 18.3. The first kappa shape index (κ1) is 27.0. The van der Waals surface area contributed by atoms with Gasteiger partial charge < -0.3 is 14.2 Å². The van der Waals surface area contributed by atoms with Gasteiger partial charge in [-0.1, -0.05) is 30.4 Å². The van der Waals surface area contributed by atoms with Crippen LogP contribution in [0.25, 0.3) is 6.08 Å². The predicted octanol–water partition coefficient (Wildman–Crippen LogP) is 3.12. The molecule has 3 aromatic rings. The van der Waals surface area contributed by atoms with Crippen LogP contribution in [0.1, 0.15) is 37.4 Å². The van der Waals surface area contributed by atoms with Gasteiger partial charge in [-0.05, 0) is 54.8 Å². The molecule has 1 aromatic heterocycles. The number of thiazole rings is 1. The second-order valence-electron chi connectivity index (χ2n) is 8.48. The fourth-order valence-electron chi connectivity index (χ4n) is 4.00. The second kappa shape index (κ2) is 12.0. The number of non-ortho nitro benzene ring substituents is 1. The standard InChI is InChI=1S/C27H27N3O7S/c1-4-13-36-21-11-7-19(8-12-21)24-23(26(32)37-15-14-35-3)17(2)28-27-29(24)25(31)22(38-27)16-18-5-9-20(10-6-18)30(33)34/h5-12,16,24H,4,13-15H2,1-3H3. The molecule has 4 rings (SSSR count). The van der Waals surface area contributed by atoms with Crippen LogP contribution in [0.4, 0.5) is 5.69 Å². The maximum absolute atomic E-state index is 13.7. The Hall–Kier alpha value is -4.09. The summed E-state index contributed by atoms with van der Waals surface area (Å²) in [4.78, 5) is 42.4. The molecular weight excluding hydrogens is 510 g/mol. The minimum Gasteiger partial charge on any atom is -0.494 e. The number of nitro groups is 1. The first-order valence-electron chi connectivity index (χ1n) is 12.0. The maximum Gasteiger partial charge on any atom is 0.338 e.